The van der Waals surface area contributed by atoms with Crippen LogP contribution in [0.3, 0.4) is 0 Å². The second-order valence-corrected chi connectivity index (χ2v) is 9.54. The van der Waals surface area contributed by atoms with Crippen LogP contribution in [-0.2, 0) is 22.7 Å². The van der Waals surface area contributed by atoms with E-state index in [1.165, 1.54) is 12.8 Å². The van der Waals surface area contributed by atoms with Gasteiger partial charge in [0.15, 0.2) is 0 Å². The van der Waals surface area contributed by atoms with Gasteiger partial charge in [0, 0.05) is 43.4 Å². The minimum atomic E-state index is -1.15. The average Bonchev–Trinajstić information content (AvgIpc) is 3.43. The van der Waals surface area contributed by atoms with Crippen molar-refractivity contribution < 1.29 is 19.8 Å². The van der Waals surface area contributed by atoms with E-state index in [-0.39, 0.29) is 23.9 Å². The third-order valence-electron chi connectivity index (χ3n) is 7.39. The highest BCUT2D eigenvalue weighted by Crippen LogP contribution is 2.38. The number of aliphatic hydroxyl groups is 1. The molecule has 1 saturated carbocycles. The number of hydrogen-bond donors (Lipinski definition) is 2. The number of piperidine rings is 1. The molecule has 0 aromatic carbocycles. The van der Waals surface area contributed by atoms with Gasteiger partial charge in [-0.25, -0.2) is 0 Å². The summed E-state index contributed by atoms with van der Waals surface area (Å²) in [6.45, 7) is 4.67. The van der Waals surface area contributed by atoms with Crippen LogP contribution in [0.1, 0.15) is 62.1 Å². The van der Waals surface area contributed by atoms with Crippen LogP contribution in [0.15, 0.2) is 16.9 Å². The van der Waals surface area contributed by atoms with Gasteiger partial charge in [-0.2, -0.15) is 0 Å². The number of rotatable bonds is 3. The summed E-state index contributed by atoms with van der Waals surface area (Å²) in [5.74, 6) is 0.427. The van der Waals surface area contributed by atoms with Gasteiger partial charge in [0.1, 0.15) is 5.60 Å². The van der Waals surface area contributed by atoms with Crippen LogP contribution in [0.2, 0.25) is 0 Å². The van der Waals surface area contributed by atoms with Crippen LogP contribution in [-0.4, -0.2) is 68.7 Å². The van der Waals surface area contributed by atoms with Crippen molar-refractivity contribution in [1.29, 1.82) is 0 Å². The summed E-state index contributed by atoms with van der Waals surface area (Å²) in [5, 5.41) is 17.6. The molecular formula is C23H33N3O5. The average molecular weight is 432 g/mol. The number of carboxylic acid groups (broad SMARTS) is 1. The maximum atomic E-state index is 13.1. The number of carbonyl (C=O) groups is 2. The minimum absolute atomic E-state index is 0.0823. The first-order valence-electron chi connectivity index (χ1n) is 11.5. The maximum Gasteiger partial charge on any atom is 0.290 e. The van der Waals surface area contributed by atoms with E-state index in [1.54, 1.807) is 0 Å². The van der Waals surface area contributed by atoms with Gasteiger partial charge in [-0.05, 0) is 70.0 Å². The smallest absolute Gasteiger partial charge is 0.290 e. The van der Waals surface area contributed by atoms with E-state index in [9.17, 15) is 14.7 Å². The fourth-order valence-electron chi connectivity index (χ4n) is 5.93. The zero-order valence-electron chi connectivity index (χ0n) is 18.0. The molecule has 1 amide bonds. The van der Waals surface area contributed by atoms with Crippen LogP contribution in [0.25, 0.3) is 0 Å². The largest absolute Gasteiger partial charge is 0.483 e. The molecule has 2 bridgehead atoms. The number of nitrogens with zero attached hydrogens (tertiary/aromatic N) is 3. The molecule has 4 aliphatic rings. The molecule has 1 aromatic heterocycles. The van der Waals surface area contributed by atoms with Crippen LogP contribution in [0, 0.1) is 5.92 Å². The fourth-order valence-corrected chi connectivity index (χ4v) is 5.93. The van der Waals surface area contributed by atoms with E-state index in [0.29, 0.717) is 38.4 Å². The molecule has 3 aliphatic heterocycles. The molecule has 8 nitrogen and oxygen atoms in total. The van der Waals surface area contributed by atoms with Gasteiger partial charge in [0.25, 0.3) is 17.9 Å². The second kappa shape index (κ2) is 9.12. The monoisotopic (exact) mass is 431 g/mol. The first-order valence-corrected chi connectivity index (χ1v) is 11.5. The molecule has 31 heavy (non-hydrogen) atoms. The Morgan fingerprint density at radius 3 is 2.45 bits per heavy atom. The lowest BCUT2D eigenvalue weighted by molar-refractivity contribution is -0.153. The van der Waals surface area contributed by atoms with Crippen molar-refractivity contribution in [1.82, 2.24) is 14.4 Å². The minimum Gasteiger partial charge on any atom is -0.483 e. The summed E-state index contributed by atoms with van der Waals surface area (Å²) in [4.78, 5) is 38.7. The molecule has 0 unspecified atom stereocenters. The number of likely N-dealkylation sites (tertiary alicyclic amines) is 2. The SMILES string of the molecule is O=C(N1C[C@@H]2C[C@H](C1)c1ccc(CN3CCCC3)c(=O)n1C2)C1(O)CCCC1.O=CO. The number of carbonyl (C=O) groups excluding carboxylic acids is 1. The van der Waals surface area contributed by atoms with E-state index in [0.717, 1.165) is 50.2 Å². The fraction of sp³-hybridized carbons (Fsp3) is 0.696. The van der Waals surface area contributed by atoms with Crippen LogP contribution in [0.4, 0.5) is 0 Å². The standard InChI is InChI=1S/C22H31N3O3.CH2O2/c26-20-17(14-23-9-3-4-10-23)5-6-19-18-11-16(13-25(19)20)12-24(15-18)21(27)22(28)7-1-2-8-22;2-1-3/h5-6,16,18,28H,1-4,7-15H2;1H,(H,2,3)/t16-,18+;/m0./s1. The van der Waals surface area contributed by atoms with Crippen molar-refractivity contribution >= 4 is 12.4 Å². The lowest BCUT2D eigenvalue weighted by Gasteiger charge is -2.44. The summed E-state index contributed by atoms with van der Waals surface area (Å²) in [5.41, 5.74) is 0.986. The van der Waals surface area contributed by atoms with Gasteiger partial charge in [-0.15, -0.1) is 0 Å². The number of amides is 1. The Labute approximate surface area is 182 Å². The molecular weight excluding hydrogens is 398 g/mol. The van der Waals surface area contributed by atoms with Crippen molar-refractivity contribution in [2.75, 3.05) is 26.2 Å². The first-order chi connectivity index (χ1) is 14.9. The number of fused-ring (bicyclic) bond motifs is 4. The van der Waals surface area contributed by atoms with Crippen LogP contribution in [0.5, 0.6) is 0 Å². The normalized spacial score (nSPS) is 26.7. The predicted molar refractivity (Wildman–Crippen MR) is 115 cm³/mol. The molecule has 8 heteroatoms. The van der Waals surface area contributed by atoms with Crippen molar-refractivity contribution in [3.63, 3.8) is 0 Å². The van der Waals surface area contributed by atoms with Gasteiger partial charge < -0.3 is 19.7 Å². The topological polar surface area (TPSA) is 103 Å². The third-order valence-corrected chi connectivity index (χ3v) is 7.39. The molecule has 1 aromatic rings. The van der Waals surface area contributed by atoms with Crippen LogP contribution >= 0.6 is 0 Å². The molecule has 5 rings (SSSR count). The van der Waals surface area contributed by atoms with Gasteiger partial charge in [0.05, 0.1) is 0 Å². The van der Waals surface area contributed by atoms with Gasteiger partial charge in [0.2, 0.25) is 0 Å². The Bertz CT molecular complexity index is 870. The Morgan fingerprint density at radius 2 is 1.77 bits per heavy atom. The Hall–Kier alpha value is -2.19. The number of hydrogen-bond acceptors (Lipinski definition) is 5. The van der Waals surface area contributed by atoms with Crippen molar-refractivity contribution in [3.05, 3.63) is 33.7 Å². The summed E-state index contributed by atoms with van der Waals surface area (Å²) >= 11 is 0. The van der Waals surface area contributed by atoms with E-state index in [4.69, 9.17) is 9.90 Å². The molecule has 2 saturated heterocycles. The molecule has 4 heterocycles. The Balaban J connectivity index is 0.000000730. The van der Waals surface area contributed by atoms with E-state index in [1.807, 2.05) is 15.5 Å². The third kappa shape index (κ3) is 4.41. The number of pyridine rings is 1. The van der Waals surface area contributed by atoms with Crippen molar-refractivity contribution in [3.8, 4) is 0 Å². The van der Waals surface area contributed by atoms with Crippen LogP contribution < -0.4 is 5.56 Å². The van der Waals surface area contributed by atoms with Gasteiger partial charge in [-0.3, -0.25) is 19.3 Å². The molecule has 2 atom stereocenters. The molecule has 0 spiro atoms. The lowest BCUT2D eigenvalue weighted by atomic mass is 9.82. The Morgan fingerprint density at radius 1 is 1.10 bits per heavy atom. The van der Waals surface area contributed by atoms with Gasteiger partial charge >= 0.3 is 0 Å². The van der Waals surface area contributed by atoms with Crippen molar-refractivity contribution in [2.24, 2.45) is 5.92 Å². The highest BCUT2D eigenvalue weighted by molar-refractivity contribution is 5.85. The lowest BCUT2D eigenvalue weighted by Crippen LogP contribution is -2.55. The highest BCUT2D eigenvalue weighted by Gasteiger charge is 2.45. The predicted octanol–water partition coefficient (Wildman–Crippen LogP) is 1.40. The molecule has 3 fully saturated rings. The Kier molecular flexibility index (Phi) is 6.48. The number of aromatic nitrogens is 1. The van der Waals surface area contributed by atoms with Gasteiger partial charge in [-0.1, -0.05) is 6.07 Å². The van der Waals surface area contributed by atoms with E-state index in [2.05, 4.69) is 11.0 Å². The second-order valence-electron chi connectivity index (χ2n) is 9.54. The van der Waals surface area contributed by atoms with E-state index < -0.39 is 5.60 Å². The zero-order valence-corrected chi connectivity index (χ0v) is 18.0. The molecule has 170 valence electrons. The molecule has 1 aliphatic carbocycles. The van der Waals surface area contributed by atoms with E-state index >= 15 is 0 Å². The summed E-state index contributed by atoms with van der Waals surface area (Å²) < 4.78 is 1.98. The summed E-state index contributed by atoms with van der Waals surface area (Å²) in [7, 11) is 0. The highest BCUT2D eigenvalue weighted by atomic mass is 16.3. The first kappa shape index (κ1) is 22.0. The van der Waals surface area contributed by atoms with Crippen molar-refractivity contribution in [2.45, 2.75) is 69.6 Å². The zero-order chi connectivity index (χ0) is 22.0. The summed E-state index contributed by atoms with van der Waals surface area (Å²) in [6.07, 6.45) is 6.54. The molecule has 0 radical (unpaired) electrons. The molecule has 2 N–H and O–H groups in total. The maximum absolute atomic E-state index is 13.1. The summed E-state index contributed by atoms with van der Waals surface area (Å²) in [6, 6.07) is 4.13. The quantitative estimate of drug-likeness (QED) is 0.702.